The van der Waals surface area contributed by atoms with Crippen LogP contribution in [0.4, 0.5) is 0 Å². The van der Waals surface area contributed by atoms with Crippen LogP contribution in [0.2, 0.25) is 0 Å². The fourth-order valence-electron chi connectivity index (χ4n) is 0.848. The lowest BCUT2D eigenvalue weighted by molar-refractivity contribution is 0.111. The van der Waals surface area contributed by atoms with Crippen molar-refractivity contribution in [1.82, 2.24) is 4.57 Å². The predicted octanol–water partition coefficient (Wildman–Crippen LogP) is 0.330. The Morgan fingerprint density at radius 3 is 2.70 bits per heavy atom. The van der Waals surface area contributed by atoms with Gasteiger partial charge in [0.05, 0.1) is 12.3 Å². The summed E-state index contributed by atoms with van der Waals surface area (Å²) in [4.78, 5) is 10.3. The first kappa shape index (κ1) is 7.02. The van der Waals surface area contributed by atoms with Crippen LogP contribution in [0, 0.1) is 0 Å². The molecule has 10 heavy (non-hydrogen) atoms. The van der Waals surface area contributed by atoms with Crippen LogP contribution in [0.15, 0.2) is 12.1 Å². The molecule has 3 heteroatoms. The quantitative estimate of drug-likeness (QED) is 0.600. The number of hydrogen-bond donors (Lipinski definition) is 1. The highest BCUT2D eigenvalue weighted by Gasteiger charge is 2.00. The van der Waals surface area contributed by atoms with Crippen LogP contribution < -0.4 is 0 Å². The first-order valence-corrected chi connectivity index (χ1v) is 3.00. The molecule has 0 spiro atoms. The fraction of sp³-hybridized carbons (Fsp3) is 0.286. The van der Waals surface area contributed by atoms with Crippen LogP contribution >= 0.6 is 0 Å². The Balaban J connectivity index is 3.08. The zero-order valence-corrected chi connectivity index (χ0v) is 5.74. The van der Waals surface area contributed by atoms with Gasteiger partial charge in [-0.2, -0.15) is 0 Å². The molecule has 1 N–H and O–H groups in total. The van der Waals surface area contributed by atoms with Crippen molar-refractivity contribution < 1.29 is 9.90 Å². The Hall–Kier alpha value is -1.09. The van der Waals surface area contributed by atoms with Gasteiger partial charge < -0.3 is 9.67 Å². The van der Waals surface area contributed by atoms with E-state index in [0.717, 1.165) is 12.0 Å². The average molecular weight is 139 g/mol. The van der Waals surface area contributed by atoms with Gasteiger partial charge in [0, 0.05) is 12.7 Å². The van der Waals surface area contributed by atoms with Crippen LogP contribution in [-0.4, -0.2) is 16.0 Å². The molecule has 0 saturated heterocycles. The molecule has 0 aromatic carbocycles. The number of aliphatic hydroxyl groups excluding tert-OH is 1. The molecule has 0 saturated carbocycles. The van der Waals surface area contributed by atoms with E-state index in [2.05, 4.69) is 0 Å². The van der Waals surface area contributed by atoms with Gasteiger partial charge in [-0.1, -0.05) is 0 Å². The molecule has 0 aliphatic carbocycles. The van der Waals surface area contributed by atoms with Crippen molar-refractivity contribution in [3.05, 3.63) is 23.5 Å². The van der Waals surface area contributed by atoms with Gasteiger partial charge in [-0.15, -0.1) is 0 Å². The number of carbonyl (C=O) groups excluding carboxylic acids is 1. The molecule has 1 heterocycles. The largest absolute Gasteiger partial charge is 0.390 e. The van der Waals surface area contributed by atoms with Crippen molar-refractivity contribution in [2.75, 3.05) is 0 Å². The molecule has 1 aromatic heterocycles. The summed E-state index contributed by atoms with van der Waals surface area (Å²) in [6, 6.07) is 3.41. The van der Waals surface area contributed by atoms with E-state index >= 15 is 0 Å². The van der Waals surface area contributed by atoms with Crippen LogP contribution in [0.1, 0.15) is 16.2 Å². The summed E-state index contributed by atoms with van der Waals surface area (Å²) in [5.41, 5.74) is 1.34. The second-order valence-corrected chi connectivity index (χ2v) is 2.08. The van der Waals surface area contributed by atoms with Crippen LogP contribution in [0.3, 0.4) is 0 Å². The summed E-state index contributed by atoms with van der Waals surface area (Å²) in [5, 5.41) is 8.69. The van der Waals surface area contributed by atoms with Gasteiger partial charge in [0.15, 0.2) is 6.29 Å². The Bertz CT molecular complexity index is 240. The number of aldehydes is 1. The third kappa shape index (κ3) is 0.953. The first-order valence-electron chi connectivity index (χ1n) is 3.00. The number of aromatic nitrogens is 1. The molecule has 0 amide bonds. The predicted molar refractivity (Wildman–Crippen MR) is 36.7 cm³/mol. The lowest BCUT2D eigenvalue weighted by Crippen LogP contribution is -1.99. The van der Waals surface area contributed by atoms with Gasteiger partial charge >= 0.3 is 0 Å². The van der Waals surface area contributed by atoms with Gasteiger partial charge in [-0.25, -0.2) is 0 Å². The molecule has 1 aromatic rings. The van der Waals surface area contributed by atoms with Crippen molar-refractivity contribution in [3.63, 3.8) is 0 Å². The van der Waals surface area contributed by atoms with E-state index in [4.69, 9.17) is 5.11 Å². The molecule has 54 valence electrons. The fourth-order valence-corrected chi connectivity index (χ4v) is 0.848. The van der Waals surface area contributed by atoms with Crippen LogP contribution in [-0.2, 0) is 13.7 Å². The maximum Gasteiger partial charge on any atom is 0.166 e. The van der Waals surface area contributed by atoms with Gasteiger partial charge in [0.25, 0.3) is 0 Å². The molecule has 0 bridgehead atoms. The van der Waals surface area contributed by atoms with E-state index in [1.165, 1.54) is 0 Å². The SMILES string of the molecule is Cn1c(C=O)ccc1CO. The smallest absolute Gasteiger partial charge is 0.166 e. The highest BCUT2D eigenvalue weighted by Crippen LogP contribution is 2.03. The Morgan fingerprint density at radius 2 is 2.40 bits per heavy atom. The lowest BCUT2D eigenvalue weighted by Gasteiger charge is -1.98. The van der Waals surface area contributed by atoms with Gasteiger partial charge in [-0.3, -0.25) is 4.79 Å². The minimum atomic E-state index is -0.0235. The zero-order valence-electron chi connectivity index (χ0n) is 5.74. The van der Waals surface area contributed by atoms with E-state index in [9.17, 15) is 4.79 Å². The number of carbonyl (C=O) groups is 1. The second-order valence-electron chi connectivity index (χ2n) is 2.08. The highest BCUT2D eigenvalue weighted by atomic mass is 16.3. The minimum Gasteiger partial charge on any atom is -0.390 e. The summed E-state index contributed by atoms with van der Waals surface area (Å²) < 4.78 is 1.66. The van der Waals surface area contributed by atoms with Crippen molar-refractivity contribution in [2.24, 2.45) is 7.05 Å². The molecular formula is C7H9NO2. The summed E-state index contributed by atoms with van der Waals surface area (Å²) in [6.45, 7) is -0.0235. The zero-order chi connectivity index (χ0) is 7.56. The van der Waals surface area contributed by atoms with Crippen molar-refractivity contribution >= 4 is 6.29 Å². The van der Waals surface area contributed by atoms with E-state index in [1.807, 2.05) is 0 Å². The normalized spacial score (nSPS) is 9.80. The average Bonchev–Trinajstić information content (AvgIpc) is 2.30. The highest BCUT2D eigenvalue weighted by molar-refractivity contribution is 5.72. The number of nitrogens with zero attached hydrogens (tertiary/aromatic N) is 1. The Kier molecular flexibility index (Phi) is 1.87. The summed E-state index contributed by atoms with van der Waals surface area (Å²) in [5.74, 6) is 0. The third-order valence-electron chi connectivity index (χ3n) is 1.55. The molecule has 0 unspecified atom stereocenters. The number of rotatable bonds is 2. The molecule has 0 aliphatic rings. The monoisotopic (exact) mass is 139 g/mol. The minimum absolute atomic E-state index is 0.0235. The molecule has 0 radical (unpaired) electrons. The standard InChI is InChI=1S/C7H9NO2/c1-8-6(4-9)2-3-7(8)5-10/h2-4,10H,5H2,1H3. The molecular weight excluding hydrogens is 130 g/mol. The van der Waals surface area contributed by atoms with E-state index in [-0.39, 0.29) is 6.61 Å². The van der Waals surface area contributed by atoms with Crippen molar-refractivity contribution in [1.29, 1.82) is 0 Å². The van der Waals surface area contributed by atoms with Gasteiger partial charge in [0.2, 0.25) is 0 Å². The van der Waals surface area contributed by atoms with E-state index in [0.29, 0.717) is 5.69 Å². The van der Waals surface area contributed by atoms with Crippen LogP contribution in [0.25, 0.3) is 0 Å². The molecule has 1 rings (SSSR count). The summed E-state index contributed by atoms with van der Waals surface area (Å²) in [6.07, 6.45) is 0.763. The molecule has 3 nitrogen and oxygen atoms in total. The number of aliphatic hydroxyl groups is 1. The third-order valence-corrected chi connectivity index (χ3v) is 1.55. The van der Waals surface area contributed by atoms with Crippen molar-refractivity contribution in [2.45, 2.75) is 6.61 Å². The maximum atomic E-state index is 10.3. The van der Waals surface area contributed by atoms with Crippen molar-refractivity contribution in [3.8, 4) is 0 Å². The Labute approximate surface area is 58.9 Å². The van der Waals surface area contributed by atoms with E-state index in [1.54, 1.807) is 23.7 Å². The maximum absolute atomic E-state index is 10.3. The molecule has 0 fully saturated rings. The van der Waals surface area contributed by atoms with Gasteiger partial charge in [-0.05, 0) is 12.1 Å². The topological polar surface area (TPSA) is 42.2 Å². The second kappa shape index (κ2) is 2.66. The van der Waals surface area contributed by atoms with E-state index < -0.39 is 0 Å². The molecule has 0 aliphatic heterocycles. The first-order chi connectivity index (χ1) is 4.79. The van der Waals surface area contributed by atoms with Gasteiger partial charge in [0.1, 0.15) is 0 Å². The lowest BCUT2D eigenvalue weighted by atomic mass is 10.4. The Morgan fingerprint density at radius 1 is 1.70 bits per heavy atom. The van der Waals surface area contributed by atoms with Crippen LogP contribution in [0.5, 0.6) is 0 Å². The molecule has 0 atom stereocenters. The summed E-state index contributed by atoms with van der Waals surface area (Å²) >= 11 is 0. The summed E-state index contributed by atoms with van der Waals surface area (Å²) in [7, 11) is 1.75. The number of hydrogen-bond acceptors (Lipinski definition) is 2.